The van der Waals surface area contributed by atoms with Gasteiger partial charge in [-0.25, -0.2) is 0 Å². The number of nitrogens with one attached hydrogen (secondary N) is 1. The number of hydrogen-bond acceptors (Lipinski definition) is 3. The molecule has 1 unspecified atom stereocenters. The summed E-state index contributed by atoms with van der Waals surface area (Å²) in [7, 11) is 0. The average molecular weight is 191 g/mol. The van der Waals surface area contributed by atoms with Crippen molar-refractivity contribution in [2.45, 2.75) is 19.3 Å². The van der Waals surface area contributed by atoms with Gasteiger partial charge in [-0.15, -0.1) is 0 Å². The van der Waals surface area contributed by atoms with Gasteiger partial charge in [-0.1, -0.05) is 30.4 Å². The van der Waals surface area contributed by atoms with E-state index >= 15 is 0 Å². The molecule has 0 radical (unpaired) electrons. The normalized spacial score (nSPS) is 19.3. The molecule has 0 saturated heterocycles. The molecule has 3 nitrogen and oxygen atoms in total. The van der Waals surface area contributed by atoms with E-state index in [0.29, 0.717) is 0 Å². The van der Waals surface area contributed by atoms with E-state index in [9.17, 15) is 0 Å². The molecule has 1 aromatic carbocycles. The van der Waals surface area contributed by atoms with Gasteiger partial charge >= 0.3 is 0 Å². The van der Waals surface area contributed by atoms with E-state index < -0.39 is 12.3 Å². The molecule has 0 aromatic heterocycles. The van der Waals surface area contributed by atoms with Crippen LogP contribution in [0.4, 0.5) is 5.69 Å². The van der Waals surface area contributed by atoms with Crippen LogP contribution in [-0.4, -0.2) is 22.5 Å². The van der Waals surface area contributed by atoms with Gasteiger partial charge in [0.15, 0.2) is 6.29 Å². The molecular weight excluding hydrogens is 178 g/mol. The van der Waals surface area contributed by atoms with Crippen LogP contribution in [-0.2, 0) is 0 Å². The first-order valence-corrected chi connectivity index (χ1v) is 4.59. The Morgan fingerprint density at radius 1 is 1.36 bits per heavy atom. The van der Waals surface area contributed by atoms with E-state index in [4.69, 9.17) is 10.2 Å². The van der Waals surface area contributed by atoms with Gasteiger partial charge in [-0.2, -0.15) is 0 Å². The van der Waals surface area contributed by atoms with Gasteiger partial charge in [-0.05, 0) is 18.1 Å². The molecule has 1 aliphatic heterocycles. The summed E-state index contributed by atoms with van der Waals surface area (Å²) in [5.74, 6) is 0. The van der Waals surface area contributed by atoms with E-state index in [1.54, 1.807) is 6.08 Å². The molecule has 0 aliphatic carbocycles. The van der Waals surface area contributed by atoms with Crippen molar-refractivity contribution >= 4 is 11.8 Å². The SMILES string of the molecule is Cc1cccc2c1NC(C(O)O)C=C2. The highest BCUT2D eigenvalue weighted by atomic mass is 16.5. The van der Waals surface area contributed by atoms with E-state index in [-0.39, 0.29) is 0 Å². The zero-order valence-electron chi connectivity index (χ0n) is 7.94. The van der Waals surface area contributed by atoms with Crippen LogP contribution >= 0.6 is 0 Å². The number of aliphatic hydroxyl groups is 2. The quantitative estimate of drug-likeness (QED) is 0.583. The van der Waals surface area contributed by atoms with Crippen molar-refractivity contribution in [1.29, 1.82) is 0 Å². The zero-order valence-corrected chi connectivity index (χ0v) is 7.94. The lowest BCUT2D eigenvalue weighted by molar-refractivity contribution is -0.0432. The highest BCUT2D eigenvalue weighted by molar-refractivity contribution is 5.73. The first-order valence-electron chi connectivity index (χ1n) is 4.59. The predicted octanol–water partition coefficient (Wildman–Crippen LogP) is 1.11. The molecule has 0 spiro atoms. The Balaban J connectivity index is 2.37. The van der Waals surface area contributed by atoms with Gasteiger partial charge in [0.1, 0.15) is 0 Å². The number of para-hydroxylation sites is 1. The topological polar surface area (TPSA) is 52.5 Å². The van der Waals surface area contributed by atoms with Crippen LogP contribution in [0.3, 0.4) is 0 Å². The first-order chi connectivity index (χ1) is 6.68. The standard InChI is InChI=1S/C11H13NO2/c1-7-3-2-4-8-5-6-9(11(13)14)12-10(7)8/h2-6,9,11-14H,1H3. The Kier molecular flexibility index (Phi) is 2.27. The average Bonchev–Trinajstić information content (AvgIpc) is 2.18. The summed E-state index contributed by atoms with van der Waals surface area (Å²) in [6.45, 7) is 1.99. The highest BCUT2D eigenvalue weighted by Gasteiger charge is 2.18. The van der Waals surface area contributed by atoms with Crippen molar-refractivity contribution < 1.29 is 10.2 Å². The third kappa shape index (κ3) is 1.52. The van der Waals surface area contributed by atoms with Gasteiger partial charge < -0.3 is 15.5 Å². The molecule has 3 N–H and O–H groups in total. The molecule has 1 heterocycles. The molecule has 1 atom stereocenters. The van der Waals surface area contributed by atoms with Crippen molar-refractivity contribution in [1.82, 2.24) is 0 Å². The summed E-state index contributed by atoms with van der Waals surface area (Å²) in [6.07, 6.45) is 2.30. The number of aryl methyl sites for hydroxylation is 1. The molecule has 74 valence electrons. The minimum atomic E-state index is -1.36. The number of rotatable bonds is 1. The van der Waals surface area contributed by atoms with Crippen molar-refractivity contribution in [2.75, 3.05) is 5.32 Å². The van der Waals surface area contributed by atoms with Crippen LogP contribution in [0.1, 0.15) is 11.1 Å². The fraction of sp³-hybridized carbons (Fsp3) is 0.273. The van der Waals surface area contributed by atoms with Crippen LogP contribution in [0.15, 0.2) is 24.3 Å². The van der Waals surface area contributed by atoms with Crippen molar-refractivity contribution in [3.8, 4) is 0 Å². The Morgan fingerprint density at radius 3 is 2.86 bits per heavy atom. The van der Waals surface area contributed by atoms with Gasteiger partial charge in [-0.3, -0.25) is 0 Å². The van der Waals surface area contributed by atoms with E-state index in [0.717, 1.165) is 16.8 Å². The molecule has 0 amide bonds. The number of aliphatic hydroxyl groups excluding tert-OH is 1. The van der Waals surface area contributed by atoms with Gasteiger partial charge in [0.25, 0.3) is 0 Å². The summed E-state index contributed by atoms with van der Waals surface area (Å²) >= 11 is 0. The lowest BCUT2D eigenvalue weighted by Crippen LogP contribution is -2.33. The molecule has 0 saturated carbocycles. The fourth-order valence-corrected chi connectivity index (χ4v) is 1.62. The van der Waals surface area contributed by atoms with Gasteiger partial charge in [0.2, 0.25) is 0 Å². The monoisotopic (exact) mass is 191 g/mol. The van der Waals surface area contributed by atoms with Crippen LogP contribution in [0.2, 0.25) is 0 Å². The van der Waals surface area contributed by atoms with E-state index in [1.165, 1.54) is 0 Å². The molecule has 14 heavy (non-hydrogen) atoms. The number of hydrogen-bond donors (Lipinski definition) is 3. The van der Waals surface area contributed by atoms with Gasteiger partial charge in [0.05, 0.1) is 6.04 Å². The molecule has 0 bridgehead atoms. The summed E-state index contributed by atoms with van der Waals surface area (Å²) in [6, 6.07) is 5.55. The Morgan fingerprint density at radius 2 is 2.14 bits per heavy atom. The second kappa shape index (κ2) is 3.44. The van der Waals surface area contributed by atoms with Crippen molar-refractivity contribution in [2.24, 2.45) is 0 Å². The molecule has 2 rings (SSSR count). The minimum absolute atomic E-state index is 0.413. The molecule has 3 heteroatoms. The molecular formula is C11H13NO2. The molecule has 1 aromatic rings. The second-order valence-corrected chi connectivity index (χ2v) is 3.48. The third-order valence-electron chi connectivity index (χ3n) is 2.42. The number of anilines is 1. The number of fused-ring (bicyclic) bond motifs is 1. The Labute approximate surface area is 82.7 Å². The number of benzene rings is 1. The maximum atomic E-state index is 9.04. The van der Waals surface area contributed by atoms with Crippen LogP contribution < -0.4 is 5.32 Å². The summed E-state index contributed by atoms with van der Waals surface area (Å²) < 4.78 is 0. The first kappa shape index (κ1) is 9.24. The Hall–Kier alpha value is -1.32. The molecule has 1 aliphatic rings. The lowest BCUT2D eigenvalue weighted by atomic mass is 10.0. The third-order valence-corrected chi connectivity index (χ3v) is 2.42. The maximum Gasteiger partial charge on any atom is 0.175 e. The summed E-state index contributed by atoms with van der Waals surface area (Å²) in [5, 5.41) is 21.1. The van der Waals surface area contributed by atoms with Crippen LogP contribution in [0, 0.1) is 6.92 Å². The minimum Gasteiger partial charge on any atom is -0.373 e. The van der Waals surface area contributed by atoms with E-state index in [1.807, 2.05) is 31.2 Å². The van der Waals surface area contributed by atoms with Crippen molar-refractivity contribution in [3.63, 3.8) is 0 Å². The van der Waals surface area contributed by atoms with Crippen molar-refractivity contribution in [3.05, 3.63) is 35.4 Å². The summed E-state index contributed by atoms with van der Waals surface area (Å²) in [5.41, 5.74) is 3.17. The largest absolute Gasteiger partial charge is 0.373 e. The Bertz CT molecular complexity index is 372. The van der Waals surface area contributed by atoms with E-state index in [2.05, 4.69) is 5.32 Å². The highest BCUT2D eigenvalue weighted by Crippen LogP contribution is 2.26. The maximum absolute atomic E-state index is 9.04. The summed E-state index contributed by atoms with van der Waals surface area (Å²) in [4.78, 5) is 0. The van der Waals surface area contributed by atoms with Crippen LogP contribution in [0.5, 0.6) is 0 Å². The van der Waals surface area contributed by atoms with Gasteiger partial charge in [0, 0.05) is 5.69 Å². The second-order valence-electron chi connectivity index (χ2n) is 3.48. The fourth-order valence-electron chi connectivity index (χ4n) is 1.62. The zero-order chi connectivity index (χ0) is 10.1. The predicted molar refractivity (Wildman–Crippen MR) is 55.8 cm³/mol. The lowest BCUT2D eigenvalue weighted by Gasteiger charge is -2.24. The molecule has 0 fully saturated rings. The van der Waals surface area contributed by atoms with Crippen LogP contribution in [0.25, 0.3) is 6.08 Å². The smallest absolute Gasteiger partial charge is 0.175 e.